The lowest BCUT2D eigenvalue weighted by molar-refractivity contribution is -0.153. The molecular weight excluding hydrogens is 322 g/mol. The minimum absolute atomic E-state index is 0.00763. The summed E-state index contributed by atoms with van der Waals surface area (Å²) in [6.07, 6.45) is 0.597. The van der Waals surface area contributed by atoms with Crippen molar-refractivity contribution in [1.29, 1.82) is 0 Å². The molecule has 25 heavy (non-hydrogen) atoms. The second-order valence-corrected chi connectivity index (χ2v) is 7.88. The molecule has 2 aliphatic heterocycles. The number of carboxylic acid groups (broad SMARTS) is 1. The SMILES string of the molecule is CC(C)(C)CN1C(=O)CC[C@H](C(=O)O)[C@@H]1c1cccc2c1OCCO2. The third-order valence-electron chi connectivity index (χ3n) is 4.58. The van der Waals surface area contributed by atoms with Crippen LogP contribution in [-0.2, 0) is 9.59 Å². The lowest BCUT2D eigenvalue weighted by Gasteiger charge is -2.43. The summed E-state index contributed by atoms with van der Waals surface area (Å²) in [5, 5.41) is 9.77. The first-order chi connectivity index (χ1) is 11.8. The average Bonchev–Trinajstić information content (AvgIpc) is 2.55. The molecule has 2 heterocycles. The van der Waals surface area contributed by atoms with Gasteiger partial charge >= 0.3 is 5.97 Å². The van der Waals surface area contributed by atoms with E-state index in [0.717, 1.165) is 5.56 Å². The molecule has 0 unspecified atom stereocenters. The zero-order valence-corrected chi connectivity index (χ0v) is 14.9. The molecule has 1 amide bonds. The van der Waals surface area contributed by atoms with E-state index >= 15 is 0 Å². The van der Waals surface area contributed by atoms with E-state index in [1.165, 1.54) is 0 Å². The molecule has 0 aliphatic carbocycles. The van der Waals surface area contributed by atoms with Gasteiger partial charge in [0.25, 0.3) is 0 Å². The minimum Gasteiger partial charge on any atom is -0.486 e. The summed E-state index contributed by atoms with van der Waals surface area (Å²) < 4.78 is 11.4. The zero-order valence-electron chi connectivity index (χ0n) is 14.9. The maximum Gasteiger partial charge on any atom is 0.308 e. The van der Waals surface area contributed by atoms with Crippen molar-refractivity contribution >= 4 is 11.9 Å². The Hall–Kier alpha value is -2.24. The number of nitrogens with zero attached hydrogens (tertiary/aromatic N) is 1. The van der Waals surface area contributed by atoms with Gasteiger partial charge in [0.15, 0.2) is 11.5 Å². The quantitative estimate of drug-likeness (QED) is 0.910. The largest absolute Gasteiger partial charge is 0.486 e. The summed E-state index contributed by atoms with van der Waals surface area (Å²) in [6, 6.07) is 4.94. The molecule has 2 aliphatic rings. The van der Waals surface area contributed by atoms with Crippen molar-refractivity contribution in [2.45, 2.75) is 39.7 Å². The predicted octanol–water partition coefficient (Wildman–Crippen LogP) is 2.87. The topological polar surface area (TPSA) is 76.1 Å². The van der Waals surface area contributed by atoms with Crippen LogP contribution in [0.2, 0.25) is 0 Å². The van der Waals surface area contributed by atoms with Gasteiger partial charge in [-0.15, -0.1) is 0 Å². The summed E-state index contributed by atoms with van der Waals surface area (Å²) in [6.45, 7) is 7.51. The number of likely N-dealkylation sites (tertiary alicyclic amines) is 1. The Morgan fingerprint density at radius 2 is 2.00 bits per heavy atom. The van der Waals surface area contributed by atoms with Gasteiger partial charge in [0.05, 0.1) is 12.0 Å². The highest BCUT2D eigenvalue weighted by atomic mass is 16.6. The van der Waals surface area contributed by atoms with Crippen LogP contribution >= 0.6 is 0 Å². The Morgan fingerprint density at radius 1 is 1.28 bits per heavy atom. The van der Waals surface area contributed by atoms with Gasteiger partial charge in [-0.2, -0.15) is 0 Å². The number of carboxylic acids is 1. The first-order valence-corrected chi connectivity index (χ1v) is 8.69. The maximum atomic E-state index is 12.7. The van der Waals surface area contributed by atoms with Gasteiger partial charge < -0.3 is 19.5 Å². The molecule has 1 aromatic rings. The number of hydrogen-bond donors (Lipinski definition) is 1. The number of amides is 1. The van der Waals surface area contributed by atoms with E-state index in [-0.39, 0.29) is 17.7 Å². The molecule has 0 spiro atoms. The average molecular weight is 347 g/mol. The molecule has 1 saturated heterocycles. The highest BCUT2D eigenvalue weighted by molar-refractivity contribution is 5.82. The van der Waals surface area contributed by atoms with Gasteiger partial charge in [-0.1, -0.05) is 32.9 Å². The molecule has 6 heteroatoms. The standard InChI is InChI=1S/C19H25NO5/c1-19(2,3)11-20-15(21)8-7-13(18(22)23)16(20)12-5-4-6-14-17(12)25-10-9-24-14/h4-6,13,16H,7-11H2,1-3H3,(H,22,23)/t13-,16-/m0/s1. The van der Waals surface area contributed by atoms with E-state index in [4.69, 9.17) is 9.47 Å². The van der Waals surface area contributed by atoms with Gasteiger partial charge in [0.2, 0.25) is 5.91 Å². The second-order valence-electron chi connectivity index (χ2n) is 7.88. The van der Waals surface area contributed by atoms with Crippen LogP contribution in [0.5, 0.6) is 11.5 Å². The van der Waals surface area contributed by atoms with Crippen molar-refractivity contribution in [1.82, 2.24) is 4.90 Å². The molecule has 0 saturated carbocycles. The Labute approximate surface area is 147 Å². The third-order valence-corrected chi connectivity index (χ3v) is 4.58. The fourth-order valence-electron chi connectivity index (χ4n) is 3.62. The summed E-state index contributed by atoms with van der Waals surface area (Å²) in [4.78, 5) is 26.3. The Kier molecular flexibility index (Phi) is 4.62. The normalized spacial score (nSPS) is 23.5. The third kappa shape index (κ3) is 3.57. The molecule has 1 fully saturated rings. The summed E-state index contributed by atoms with van der Waals surface area (Å²) in [7, 11) is 0. The fraction of sp³-hybridized carbons (Fsp3) is 0.579. The predicted molar refractivity (Wildman–Crippen MR) is 91.7 cm³/mol. The molecule has 136 valence electrons. The van der Waals surface area contributed by atoms with E-state index in [1.54, 1.807) is 4.90 Å². The first kappa shape index (κ1) is 17.6. The Morgan fingerprint density at radius 3 is 2.68 bits per heavy atom. The zero-order chi connectivity index (χ0) is 18.2. The van der Waals surface area contributed by atoms with Gasteiger partial charge in [-0.25, -0.2) is 0 Å². The van der Waals surface area contributed by atoms with Crippen molar-refractivity contribution in [3.8, 4) is 11.5 Å². The molecular formula is C19H25NO5. The van der Waals surface area contributed by atoms with Gasteiger partial charge in [-0.3, -0.25) is 9.59 Å². The summed E-state index contributed by atoms with van der Waals surface area (Å²) in [5.74, 6) is -0.366. The maximum absolute atomic E-state index is 12.7. The van der Waals surface area contributed by atoms with Gasteiger partial charge in [0, 0.05) is 18.5 Å². The van der Waals surface area contributed by atoms with E-state index in [2.05, 4.69) is 0 Å². The van der Waals surface area contributed by atoms with Crippen molar-refractivity contribution in [2.75, 3.05) is 19.8 Å². The van der Waals surface area contributed by atoms with Crippen LogP contribution in [0.25, 0.3) is 0 Å². The van der Waals surface area contributed by atoms with Crippen LogP contribution in [0, 0.1) is 11.3 Å². The molecule has 0 aromatic heterocycles. The molecule has 1 N–H and O–H groups in total. The Bertz CT molecular complexity index is 679. The van der Waals surface area contributed by atoms with E-state index in [0.29, 0.717) is 37.7 Å². The summed E-state index contributed by atoms with van der Waals surface area (Å²) in [5.41, 5.74) is 0.586. The molecule has 1 aromatic carbocycles. The lowest BCUT2D eigenvalue weighted by Crippen LogP contribution is -2.48. The number of carbonyl (C=O) groups is 2. The highest BCUT2D eigenvalue weighted by Gasteiger charge is 2.43. The number of ether oxygens (including phenoxy) is 2. The van der Waals surface area contributed by atoms with Crippen molar-refractivity contribution < 1.29 is 24.2 Å². The minimum atomic E-state index is -0.884. The van der Waals surface area contributed by atoms with E-state index in [9.17, 15) is 14.7 Å². The second kappa shape index (κ2) is 6.58. The van der Waals surface area contributed by atoms with Gasteiger partial charge in [0.1, 0.15) is 13.2 Å². The smallest absolute Gasteiger partial charge is 0.308 e. The van der Waals surface area contributed by atoms with Crippen LogP contribution < -0.4 is 9.47 Å². The van der Waals surface area contributed by atoms with Crippen LogP contribution in [0.1, 0.15) is 45.2 Å². The molecule has 3 rings (SSSR count). The van der Waals surface area contributed by atoms with Crippen molar-refractivity contribution in [2.24, 2.45) is 11.3 Å². The number of piperidine rings is 1. The molecule has 2 atom stereocenters. The van der Waals surface area contributed by atoms with Crippen molar-refractivity contribution in [3.05, 3.63) is 23.8 Å². The lowest BCUT2D eigenvalue weighted by atomic mass is 9.82. The van der Waals surface area contributed by atoms with E-state index < -0.39 is 17.9 Å². The number of hydrogen-bond acceptors (Lipinski definition) is 4. The number of para-hydroxylation sites is 1. The van der Waals surface area contributed by atoms with E-state index in [1.807, 2.05) is 39.0 Å². The number of rotatable bonds is 3. The van der Waals surface area contributed by atoms with Crippen LogP contribution in [-0.4, -0.2) is 41.6 Å². The fourth-order valence-corrected chi connectivity index (χ4v) is 3.62. The number of benzene rings is 1. The monoisotopic (exact) mass is 347 g/mol. The number of aliphatic carboxylic acids is 1. The van der Waals surface area contributed by atoms with Crippen LogP contribution in [0.4, 0.5) is 0 Å². The number of carbonyl (C=O) groups excluding carboxylic acids is 1. The van der Waals surface area contributed by atoms with Crippen molar-refractivity contribution in [3.63, 3.8) is 0 Å². The first-order valence-electron chi connectivity index (χ1n) is 8.69. The molecule has 0 bridgehead atoms. The van der Waals surface area contributed by atoms with Crippen LogP contribution in [0.3, 0.4) is 0 Å². The number of fused-ring (bicyclic) bond motifs is 1. The van der Waals surface area contributed by atoms with Gasteiger partial charge in [-0.05, 0) is 17.9 Å². The summed E-state index contributed by atoms with van der Waals surface area (Å²) >= 11 is 0. The molecule has 6 nitrogen and oxygen atoms in total. The van der Waals surface area contributed by atoms with Crippen LogP contribution in [0.15, 0.2) is 18.2 Å². The Balaban J connectivity index is 2.08. The molecule has 0 radical (unpaired) electrons. The highest BCUT2D eigenvalue weighted by Crippen LogP contribution is 2.45.